The Balaban J connectivity index is 2.37. The highest BCUT2D eigenvalue weighted by Gasteiger charge is 2.06. The fourth-order valence-electron chi connectivity index (χ4n) is 1.05. The average molecular weight is 215 g/mol. The topological polar surface area (TPSA) is 64.7 Å². The van der Waals surface area contributed by atoms with Crippen molar-refractivity contribution in [2.75, 3.05) is 32.2 Å². The molecule has 0 aliphatic heterocycles. The summed E-state index contributed by atoms with van der Waals surface area (Å²) < 4.78 is 23.2. The SMILES string of the molecule is Nc1cccc(F)c1OCCOCCO. The van der Waals surface area contributed by atoms with Crippen LogP contribution in [0.15, 0.2) is 18.2 Å². The fraction of sp³-hybridized carbons (Fsp3) is 0.400. The third kappa shape index (κ3) is 3.73. The zero-order chi connectivity index (χ0) is 11.1. The monoisotopic (exact) mass is 215 g/mol. The van der Waals surface area contributed by atoms with Crippen LogP contribution in [0.4, 0.5) is 10.1 Å². The van der Waals surface area contributed by atoms with Gasteiger partial charge in [0.15, 0.2) is 11.6 Å². The molecule has 1 aromatic carbocycles. The van der Waals surface area contributed by atoms with Crippen LogP contribution in [-0.4, -0.2) is 31.5 Å². The third-order valence-corrected chi connectivity index (χ3v) is 1.71. The zero-order valence-electron chi connectivity index (χ0n) is 8.28. The van der Waals surface area contributed by atoms with Gasteiger partial charge in [0.1, 0.15) is 6.61 Å². The molecule has 0 aliphatic rings. The minimum absolute atomic E-state index is 0.0398. The zero-order valence-corrected chi connectivity index (χ0v) is 8.28. The maximum Gasteiger partial charge on any atom is 0.177 e. The minimum Gasteiger partial charge on any atom is -0.486 e. The summed E-state index contributed by atoms with van der Waals surface area (Å²) in [5.74, 6) is -0.442. The smallest absolute Gasteiger partial charge is 0.177 e. The highest BCUT2D eigenvalue weighted by Crippen LogP contribution is 2.24. The van der Waals surface area contributed by atoms with Gasteiger partial charge in [-0.25, -0.2) is 4.39 Å². The van der Waals surface area contributed by atoms with E-state index in [0.717, 1.165) is 0 Å². The number of aliphatic hydroxyl groups excluding tert-OH is 1. The Morgan fingerprint density at radius 3 is 2.73 bits per heavy atom. The molecule has 0 saturated carbocycles. The number of para-hydroxylation sites is 1. The maximum absolute atomic E-state index is 13.1. The Kier molecular flexibility index (Phi) is 4.86. The number of anilines is 1. The van der Waals surface area contributed by atoms with Gasteiger partial charge in [0.05, 0.1) is 25.5 Å². The van der Waals surface area contributed by atoms with E-state index >= 15 is 0 Å². The molecule has 0 spiro atoms. The van der Waals surface area contributed by atoms with Crippen molar-refractivity contribution in [1.29, 1.82) is 0 Å². The van der Waals surface area contributed by atoms with Gasteiger partial charge < -0.3 is 20.3 Å². The van der Waals surface area contributed by atoms with Crippen LogP contribution >= 0.6 is 0 Å². The first-order chi connectivity index (χ1) is 7.25. The lowest BCUT2D eigenvalue weighted by atomic mass is 10.3. The van der Waals surface area contributed by atoms with Crippen molar-refractivity contribution >= 4 is 5.69 Å². The molecule has 1 aromatic rings. The molecule has 0 fully saturated rings. The molecular weight excluding hydrogens is 201 g/mol. The van der Waals surface area contributed by atoms with Crippen LogP contribution in [0.3, 0.4) is 0 Å². The molecule has 0 unspecified atom stereocenters. The van der Waals surface area contributed by atoms with E-state index in [2.05, 4.69) is 0 Å². The summed E-state index contributed by atoms with van der Waals surface area (Å²) in [6.45, 7) is 0.692. The minimum atomic E-state index is -0.489. The highest BCUT2D eigenvalue weighted by atomic mass is 19.1. The molecule has 0 aromatic heterocycles. The van der Waals surface area contributed by atoms with Crippen molar-refractivity contribution in [2.24, 2.45) is 0 Å². The summed E-state index contributed by atoms with van der Waals surface area (Å²) in [7, 11) is 0. The van der Waals surface area contributed by atoms with E-state index < -0.39 is 5.82 Å². The Morgan fingerprint density at radius 2 is 2.07 bits per heavy atom. The van der Waals surface area contributed by atoms with Gasteiger partial charge in [0.25, 0.3) is 0 Å². The number of rotatable bonds is 6. The van der Waals surface area contributed by atoms with Gasteiger partial charge in [0.2, 0.25) is 0 Å². The number of hydrogen-bond donors (Lipinski definition) is 2. The molecule has 3 N–H and O–H groups in total. The first-order valence-corrected chi connectivity index (χ1v) is 4.61. The Hall–Kier alpha value is -1.33. The molecule has 0 amide bonds. The molecule has 15 heavy (non-hydrogen) atoms. The standard InChI is InChI=1S/C10H14FNO3/c11-8-2-1-3-9(12)10(8)15-7-6-14-5-4-13/h1-3,13H,4-7,12H2. The number of nitrogen functional groups attached to an aromatic ring is 1. The maximum atomic E-state index is 13.1. The van der Waals surface area contributed by atoms with Gasteiger partial charge in [-0.3, -0.25) is 0 Å². The van der Waals surface area contributed by atoms with Crippen molar-refractivity contribution in [3.63, 3.8) is 0 Å². The second-order valence-electron chi connectivity index (χ2n) is 2.84. The Labute approximate surface area is 87.4 Å². The largest absolute Gasteiger partial charge is 0.486 e. The lowest BCUT2D eigenvalue weighted by molar-refractivity contribution is 0.0698. The summed E-state index contributed by atoms with van der Waals surface area (Å²) in [6.07, 6.45) is 0. The quantitative estimate of drug-likeness (QED) is 0.544. The van der Waals surface area contributed by atoms with E-state index in [1.165, 1.54) is 12.1 Å². The molecule has 0 atom stereocenters. The van der Waals surface area contributed by atoms with Gasteiger partial charge in [-0.15, -0.1) is 0 Å². The number of ether oxygens (including phenoxy) is 2. The first-order valence-electron chi connectivity index (χ1n) is 4.61. The van der Waals surface area contributed by atoms with Crippen LogP contribution in [-0.2, 0) is 4.74 Å². The van der Waals surface area contributed by atoms with Gasteiger partial charge in [-0.05, 0) is 12.1 Å². The van der Waals surface area contributed by atoms with Crippen LogP contribution < -0.4 is 10.5 Å². The van der Waals surface area contributed by atoms with Gasteiger partial charge >= 0.3 is 0 Å². The van der Waals surface area contributed by atoms with E-state index in [1.807, 2.05) is 0 Å². The summed E-state index contributed by atoms with van der Waals surface area (Å²) >= 11 is 0. The van der Waals surface area contributed by atoms with E-state index in [9.17, 15) is 4.39 Å². The Morgan fingerprint density at radius 1 is 1.27 bits per heavy atom. The molecular formula is C10H14FNO3. The lowest BCUT2D eigenvalue weighted by Gasteiger charge is -2.09. The van der Waals surface area contributed by atoms with E-state index in [-0.39, 0.29) is 37.9 Å². The molecule has 1 rings (SSSR count). The normalized spacial score (nSPS) is 10.3. The summed E-state index contributed by atoms with van der Waals surface area (Å²) in [6, 6.07) is 4.35. The van der Waals surface area contributed by atoms with Crippen molar-refractivity contribution in [3.05, 3.63) is 24.0 Å². The van der Waals surface area contributed by atoms with Crippen molar-refractivity contribution in [2.45, 2.75) is 0 Å². The Bertz CT molecular complexity index is 286. The second kappa shape index (κ2) is 6.21. The first kappa shape index (κ1) is 11.7. The van der Waals surface area contributed by atoms with Crippen LogP contribution in [0.5, 0.6) is 5.75 Å². The number of halogens is 1. The van der Waals surface area contributed by atoms with Gasteiger partial charge in [-0.1, -0.05) is 6.07 Å². The molecule has 0 heterocycles. The van der Waals surface area contributed by atoms with Gasteiger partial charge in [0, 0.05) is 0 Å². The molecule has 5 heteroatoms. The summed E-state index contributed by atoms with van der Waals surface area (Å²) in [4.78, 5) is 0. The molecule has 0 bridgehead atoms. The predicted molar refractivity (Wildman–Crippen MR) is 54.2 cm³/mol. The summed E-state index contributed by atoms with van der Waals surface area (Å²) in [5.41, 5.74) is 5.78. The molecule has 0 saturated heterocycles. The third-order valence-electron chi connectivity index (χ3n) is 1.71. The number of aliphatic hydroxyl groups is 1. The second-order valence-corrected chi connectivity index (χ2v) is 2.84. The van der Waals surface area contributed by atoms with Crippen LogP contribution in [0.25, 0.3) is 0 Å². The van der Waals surface area contributed by atoms with E-state index in [4.69, 9.17) is 20.3 Å². The lowest BCUT2D eigenvalue weighted by Crippen LogP contribution is -2.10. The fourth-order valence-corrected chi connectivity index (χ4v) is 1.05. The van der Waals surface area contributed by atoms with E-state index in [0.29, 0.717) is 0 Å². The highest BCUT2D eigenvalue weighted by molar-refractivity contribution is 5.52. The summed E-state index contributed by atoms with van der Waals surface area (Å²) in [5, 5.41) is 8.43. The van der Waals surface area contributed by atoms with Crippen molar-refractivity contribution < 1.29 is 19.0 Å². The number of benzene rings is 1. The van der Waals surface area contributed by atoms with Crippen LogP contribution in [0, 0.1) is 5.82 Å². The predicted octanol–water partition coefficient (Wildman–Crippen LogP) is 0.796. The molecule has 0 aliphatic carbocycles. The number of nitrogens with two attached hydrogens (primary N) is 1. The molecule has 4 nitrogen and oxygen atoms in total. The van der Waals surface area contributed by atoms with Crippen molar-refractivity contribution in [3.8, 4) is 5.75 Å². The van der Waals surface area contributed by atoms with Crippen LogP contribution in [0.2, 0.25) is 0 Å². The number of hydrogen-bond acceptors (Lipinski definition) is 4. The molecule has 0 radical (unpaired) electrons. The van der Waals surface area contributed by atoms with E-state index in [1.54, 1.807) is 6.07 Å². The van der Waals surface area contributed by atoms with Crippen molar-refractivity contribution in [1.82, 2.24) is 0 Å². The molecule has 84 valence electrons. The van der Waals surface area contributed by atoms with Gasteiger partial charge in [-0.2, -0.15) is 0 Å². The average Bonchev–Trinajstić information content (AvgIpc) is 2.21. The van der Waals surface area contributed by atoms with Crippen LogP contribution in [0.1, 0.15) is 0 Å².